The molecule has 3 N–H and O–H groups in total. The van der Waals surface area contributed by atoms with Crippen molar-refractivity contribution in [2.75, 3.05) is 19.3 Å². The lowest BCUT2D eigenvalue weighted by atomic mass is 10.0. The summed E-state index contributed by atoms with van der Waals surface area (Å²) in [6, 6.07) is 7.13. The zero-order valence-corrected chi connectivity index (χ0v) is 13.9. The molecule has 4 rings (SSSR count). The van der Waals surface area contributed by atoms with E-state index in [0.29, 0.717) is 34.8 Å². The highest BCUT2D eigenvalue weighted by Gasteiger charge is 2.42. The number of benzene rings is 1. The van der Waals surface area contributed by atoms with E-state index in [1.165, 1.54) is 11.2 Å². The van der Waals surface area contributed by atoms with Gasteiger partial charge in [0, 0.05) is 31.1 Å². The van der Waals surface area contributed by atoms with Gasteiger partial charge in [-0.05, 0) is 18.2 Å². The molecule has 0 radical (unpaired) electrons. The van der Waals surface area contributed by atoms with Crippen LogP contribution >= 0.6 is 0 Å². The van der Waals surface area contributed by atoms with E-state index < -0.39 is 5.60 Å². The predicted molar refractivity (Wildman–Crippen MR) is 93.5 cm³/mol. The SMILES string of the molecule is CN1CC[C@@](O)(C#Cc2cccc(-c3nc4c(N)ncnc4o3)c2)C1=O. The van der Waals surface area contributed by atoms with Crippen LogP contribution in [0.4, 0.5) is 5.82 Å². The Balaban J connectivity index is 1.68. The van der Waals surface area contributed by atoms with Gasteiger partial charge in [0.15, 0.2) is 11.3 Å². The molecule has 0 unspecified atom stereocenters. The molecule has 26 heavy (non-hydrogen) atoms. The molecule has 1 saturated heterocycles. The number of carbonyl (C=O) groups is 1. The van der Waals surface area contributed by atoms with Crippen molar-refractivity contribution < 1.29 is 14.3 Å². The fourth-order valence-electron chi connectivity index (χ4n) is 2.77. The van der Waals surface area contributed by atoms with E-state index in [1.807, 2.05) is 6.07 Å². The van der Waals surface area contributed by atoms with Gasteiger partial charge >= 0.3 is 0 Å². The number of carbonyl (C=O) groups excluding carboxylic acids is 1. The molecule has 1 fully saturated rings. The average molecular weight is 349 g/mol. The Hall–Kier alpha value is -3.44. The zero-order chi connectivity index (χ0) is 18.3. The molecular formula is C18H15N5O3. The molecule has 0 spiro atoms. The van der Waals surface area contributed by atoms with E-state index in [4.69, 9.17) is 10.2 Å². The number of nitrogen functional groups attached to an aromatic ring is 1. The summed E-state index contributed by atoms with van der Waals surface area (Å²) in [5.41, 5.74) is 6.14. The second-order valence-corrected chi connectivity index (χ2v) is 6.10. The lowest BCUT2D eigenvalue weighted by Gasteiger charge is -2.13. The fourth-order valence-corrected chi connectivity index (χ4v) is 2.77. The van der Waals surface area contributed by atoms with Crippen molar-refractivity contribution in [1.82, 2.24) is 19.9 Å². The van der Waals surface area contributed by atoms with Gasteiger partial charge in [-0.2, -0.15) is 4.98 Å². The number of nitrogens with zero attached hydrogens (tertiary/aromatic N) is 4. The monoisotopic (exact) mass is 349 g/mol. The minimum atomic E-state index is -1.63. The largest absolute Gasteiger partial charge is 0.417 e. The van der Waals surface area contributed by atoms with Crippen LogP contribution in [0.15, 0.2) is 35.0 Å². The number of fused-ring (bicyclic) bond motifs is 1. The van der Waals surface area contributed by atoms with Gasteiger partial charge in [0.2, 0.25) is 11.5 Å². The van der Waals surface area contributed by atoms with Crippen LogP contribution in [-0.4, -0.2) is 50.1 Å². The van der Waals surface area contributed by atoms with Crippen LogP contribution in [0.1, 0.15) is 12.0 Å². The Kier molecular flexibility index (Phi) is 3.60. The summed E-state index contributed by atoms with van der Waals surface area (Å²) < 4.78 is 5.62. The van der Waals surface area contributed by atoms with Crippen LogP contribution in [0, 0.1) is 11.8 Å². The van der Waals surface area contributed by atoms with Gasteiger partial charge < -0.3 is 20.2 Å². The molecule has 3 heterocycles. The van der Waals surface area contributed by atoms with E-state index in [2.05, 4.69) is 26.8 Å². The molecule has 1 amide bonds. The first-order valence-electron chi connectivity index (χ1n) is 7.95. The van der Waals surface area contributed by atoms with Crippen molar-refractivity contribution in [3.8, 4) is 23.3 Å². The first kappa shape index (κ1) is 16.1. The number of hydrogen-bond acceptors (Lipinski definition) is 7. The van der Waals surface area contributed by atoms with Crippen LogP contribution < -0.4 is 5.73 Å². The number of rotatable bonds is 1. The van der Waals surface area contributed by atoms with E-state index in [9.17, 15) is 9.90 Å². The molecule has 8 nitrogen and oxygen atoms in total. The van der Waals surface area contributed by atoms with Crippen molar-refractivity contribution in [2.45, 2.75) is 12.0 Å². The Morgan fingerprint density at radius 2 is 2.23 bits per heavy atom. The van der Waals surface area contributed by atoms with E-state index in [-0.39, 0.29) is 18.1 Å². The number of nitrogens with two attached hydrogens (primary N) is 1. The summed E-state index contributed by atoms with van der Waals surface area (Å²) >= 11 is 0. The number of aliphatic hydroxyl groups is 1. The Morgan fingerprint density at radius 3 is 2.96 bits per heavy atom. The highest BCUT2D eigenvalue weighted by atomic mass is 16.4. The van der Waals surface area contributed by atoms with E-state index in [1.54, 1.807) is 25.2 Å². The second-order valence-electron chi connectivity index (χ2n) is 6.10. The quantitative estimate of drug-likeness (QED) is 0.624. The highest BCUT2D eigenvalue weighted by Crippen LogP contribution is 2.26. The average Bonchev–Trinajstić information content (AvgIpc) is 3.19. The summed E-state index contributed by atoms with van der Waals surface area (Å²) in [6.07, 6.45) is 1.60. The van der Waals surface area contributed by atoms with Crippen LogP contribution in [0.3, 0.4) is 0 Å². The summed E-state index contributed by atoms with van der Waals surface area (Å²) in [5.74, 6) is 5.75. The molecule has 0 saturated carbocycles. The van der Waals surface area contributed by atoms with Gasteiger partial charge in [0.05, 0.1) is 0 Å². The fraction of sp³-hybridized carbons (Fsp3) is 0.222. The summed E-state index contributed by atoms with van der Waals surface area (Å²) in [4.78, 5) is 25.7. The minimum Gasteiger partial charge on any atom is -0.417 e. The lowest BCUT2D eigenvalue weighted by Crippen LogP contribution is -2.37. The van der Waals surface area contributed by atoms with Crippen molar-refractivity contribution in [2.24, 2.45) is 0 Å². The molecule has 1 aliphatic heterocycles. The standard InChI is InChI=1S/C18H15N5O3/c1-23-8-7-18(25,17(23)24)6-5-11-3-2-4-12(9-11)15-22-13-14(19)20-10-21-16(13)26-15/h2-4,9-10,25H,7-8H2,1H3,(H2,19,20,21)/t18-/m0/s1. The molecule has 1 aromatic carbocycles. The number of likely N-dealkylation sites (N-methyl/N-ethyl adjacent to an activating group) is 1. The molecule has 2 aromatic heterocycles. The number of hydrogen-bond donors (Lipinski definition) is 2. The van der Waals surface area contributed by atoms with Gasteiger partial charge in [-0.25, -0.2) is 9.97 Å². The third-order valence-corrected chi connectivity index (χ3v) is 4.26. The summed E-state index contributed by atoms with van der Waals surface area (Å²) in [5, 5.41) is 10.4. The normalized spacial score (nSPS) is 19.6. The van der Waals surface area contributed by atoms with Gasteiger partial charge in [0.25, 0.3) is 11.6 Å². The number of aromatic nitrogens is 3. The third-order valence-electron chi connectivity index (χ3n) is 4.26. The van der Waals surface area contributed by atoms with Crippen molar-refractivity contribution in [1.29, 1.82) is 0 Å². The zero-order valence-electron chi connectivity index (χ0n) is 13.9. The topological polar surface area (TPSA) is 118 Å². The Bertz CT molecular complexity index is 1080. The first-order chi connectivity index (χ1) is 12.5. The van der Waals surface area contributed by atoms with E-state index >= 15 is 0 Å². The van der Waals surface area contributed by atoms with Gasteiger partial charge in [-0.3, -0.25) is 4.79 Å². The maximum atomic E-state index is 12.0. The van der Waals surface area contributed by atoms with Crippen molar-refractivity contribution in [3.63, 3.8) is 0 Å². The molecule has 1 aliphatic rings. The Morgan fingerprint density at radius 1 is 1.38 bits per heavy atom. The maximum Gasteiger partial charge on any atom is 0.267 e. The third kappa shape index (κ3) is 2.64. The molecular weight excluding hydrogens is 334 g/mol. The second kappa shape index (κ2) is 5.82. The van der Waals surface area contributed by atoms with E-state index in [0.717, 1.165) is 0 Å². The summed E-state index contributed by atoms with van der Waals surface area (Å²) in [7, 11) is 1.64. The van der Waals surface area contributed by atoms with Gasteiger partial charge in [-0.1, -0.05) is 17.9 Å². The van der Waals surface area contributed by atoms with Crippen LogP contribution in [0.25, 0.3) is 22.7 Å². The first-order valence-corrected chi connectivity index (χ1v) is 7.95. The number of amides is 1. The van der Waals surface area contributed by atoms with Crippen LogP contribution in [0.2, 0.25) is 0 Å². The van der Waals surface area contributed by atoms with Gasteiger partial charge in [0.1, 0.15) is 6.33 Å². The molecule has 0 bridgehead atoms. The van der Waals surface area contributed by atoms with Crippen molar-refractivity contribution >= 4 is 23.0 Å². The molecule has 130 valence electrons. The van der Waals surface area contributed by atoms with Crippen LogP contribution in [0.5, 0.6) is 0 Å². The smallest absolute Gasteiger partial charge is 0.267 e. The van der Waals surface area contributed by atoms with Crippen LogP contribution in [-0.2, 0) is 4.79 Å². The lowest BCUT2D eigenvalue weighted by molar-refractivity contribution is -0.137. The number of likely N-dealkylation sites (tertiary alicyclic amines) is 1. The minimum absolute atomic E-state index is 0.243. The summed E-state index contributed by atoms with van der Waals surface area (Å²) in [6.45, 7) is 0.482. The molecule has 3 aromatic rings. The highest BCUT2D eigenvalue weighted by molar-refractivity contribution is 5.90. The van der Waals surface area contributed by atoms with Gasteiger partial charge in [-0.15, -0.1) is 0 Å². The molecule has 0 aliphatic carbocycles. The molecule has 1 atom stereocenters. The Labute approximate surface area is 148 Å². The maximum absolute atomic E-state index is 12.0. The number of oxazole rings is 1. The number of anilines is 1. The molecule has 8 heteroatoms. The van der Waals surface area contributed by atoms with Crippen molar-refractivity contribution in [3.05, 3.63) is 36.2 Å². The predicted octanol–water partition coefficient (Wildman–Crippen LogP) is 0.812.